The van der Waals surface area contributed by atoms with Gasteiger partial charge in [0.2, 0.25) is 6.29 Å². The number of pyridine rings is 1. The topological polar surface area (TPSA) is 327 Å². The van der Waals surface area contributed by atoms with Crippen molar-refractivity contribution < 1.29 is 75.5 Å². The van der Waals surface area contributed by atoms with Crippen molar-refractivity contribution in [3.63, 3.8) is 0 Å². The highest BCUT2D eigenvalue weighted by molar-refractivity contribution is 9.10. The first-order valence-corrected chi connectivity index (χ1v) is 46.9. The minimum atomic E-state index is -4.64. The van der Waals surface area contributed by atoms with Crippen LogP contribution in [0.1, 0.15) is 260 Å². The van der Waals surface area contributed by atoms with Crippen LogP contribution in [0.15, 0.2) is 118 Å². The molecule has 7 aliphatic rings. The molecule has 0 spiro atoms. The number of nitrogens with two attached hydrogens (primary N) is 2. The Labute approximate surface area is 777 Å². The molecule has 10 N–H and O–H groups in total. The minimum Gasteiger partial charge on any atom is -0.474 e. The SMILES string of the molecule is CC(C)(C)OC(=O)OC(=O)OC(C)(C)C.CCc1cc(NC(=O)C(=O)O)cnc1N.CN1CCC(N)CC1.C[C@H]1CC[C@H](c2ccc(Br)cc2)N(C(=O)OC(C)(C)C)C1.C[C@H]1CC[C@H](c2ccc(Br)cc2)NC1.C[C@H]1CC[C@H](c2ccc(NC3CCN(C)CC3)cc2)N(C(=O)OC(C)(C)C)C1.C[C@H]1CC[C@H](c2ccc(NC3CCN(C)CC3)cc2)NC1.O=CC(F)(F)F. The lowest BCUT2D eigenvalue weighted by Gasteiger charge is -2.39. The number of piperidine rings is 7. The number of alkyl halides is 3. The van der Waals surface area contributed by atoms with Gasteiger partial charge in [-0.15, -0.1) is 0 Å². The summed E-state index contributed by atoms with van der Waals surface area (Å²) in [7, 11) is 6.54. The van der Waals surface area contributed by atoms with E-state index in [0.29, 0.717) is 60.0 Å². The fourth-order valence-corrected chi connectivity index (χ4v) is 15.6. The van der Waals surface area contributed by atoms with Crippen molar-refractivity contribution in [3.05, 3.63) is 146 Å². The lowest BCUT2D eigenvalue weighted by Crippen LogP contribution is -2.44. The van der Waals surface area contributed by atoms with Crippen molar-refractivity contribution in [2.24, 2.45) is 29.4 Å². The second kappa shape index (κ2) is 53.4. The maximum atomic E-state index is 12.8. The zero-order valence-corrected chi connectivity index (χ0v) is 82.7. The number of hydrogen-bond acceptors (Lipinski definition) is 22. The van der Waals surface area contributed by atoms with E-state index in [0.717, 1.165) is 91.3 Å². The quantitative estimate of drug-likeness (QED) is 0.0212. The van der Waals surface area contributed by atoms with Gasteiger partial charge in [-0.2, -0.15) is 13.2 Å². The number of anilines is 4. The third-order valence-corrected chi connectivity index (χ3v) is 23.3. The van der Waals surface area contributed by atoms with Crippen LogP contribution in [0.4, 0.5) is 55.2 Å². The van der Waals surface area contributed by atoms with E-state index < -0.39 is 59.1 Å². The summed E-state index contributed by atoms with van der Waals surface area (Å²) in [5, 5.41) is 25.2. The second-order valence-corrected chi connectivity index (χ2v) is 40.8. The number of aromatic nitrogens is 1. The average molecular weight is 1920 g/mol. The van der Waals surface area contributed by atoms with Gasteiger partial charge in [-0.3, -0.25) is 9.59 Å². The summed E-state index contributed by atoms with van der Waals surface area (Å²) in [5.74, 6) is 0.436. The number of nitrogens with one attached hydrogen (secondary N) is 5. The molecule has 8 atom stereocenters. The first-order valence-electron chi connectivity index (χ1n) is 45.3. The molecule has 7 fully saturated rings. The van der Waals surface area contributed by atoms with Gasteiger partial charge in [0.25, 0.3) is 0 Å². The van der Waals surface area contributed by atoms with Crippen LogP contribution in [0.25, 0.3) is 0 Å². The molecular weight excluding hydrogens is 1770 g/mol. The Hall–Kier alpha value is -8.17. The minimum absolute atomic E-state index is 0.100. The van der Waals surface area contributed by atoms with Crippen LogP contribution in [0.2, 0.25) is 0 Å². The van der Waals surface area contributed by atoms with E-state index in [1.807, 2.05) is 70.4 Å². The van der Waals surface area contributed by atoms with Gasteiger partial charge in [-0.1, -0.05) is 115 Å². The second-order valence-electron chi connectivity index (χ2n) is 39.0. The van der Waals surface area contributed by atoms with Crippen LogP contribution in [0.5, 0.6) is 0 Å². The highest BCUT2D eigenvalue weighted by Crippen LogP contribution is 2.38. The summed E-state index contributed by atoms with van der Waals surface area (Å²) in [6, 6.07) is 39.3. The van der Waals surface area contributed by atoms with E-state index >= 15 is 0 Å². The van der Waals surface area contributed by atoms with E-state index in [1.165, 1.54) is 130 Å². The van der Waals surface area contributed by atoms with E-state index in [1.54, 1.807) is 47.6 Å². The summed E-state index contributed by atoms with van der Waals surface area (Å²) in [5.41, 5.74) is 17.7. The number of likely N-dealkylation sites (tertiary alicyclic amines) is 5. The van der Waals surface area contributed by atoms with Gasteiger partial charge in [0.05, 0.1) is 24.0 Å². The third-order valence-electron chi connectivity index (χ3n) is 22.2. The van der Waals surface area contributed by atoms with E-state index in [2.05, 4.69) is 217 Å². The van der Waals surface area contributed by atoms with Crippen molar-refractivity contribution >= 4 is 97.4 Å². The first kappa shape index (κ1) is 110. The van der Waals surface area contributed by atoms with Gasteiger partial charge in [0.1, 0.15) is 28.2 Å². The van der Waals surface area contributed by atoms with E-state index in [4.69, 9.17) is 40.3 Å². The summed E-state index contributed by atoms with van der Waals surface area (Å²) in [4.78, 5) is 91.9. The molecule has 1 aromatic heterocycles. The molecule has 4 aromatic carbocycles. The number of halogens is 5. The number of carboxylic acids is 1. The number of aryl methyl sites for hydroxylation is 1. The Morgan fingerprint density at radius 3 is 1.13 bits per heavy atom. The number of amides is 3. The molecule has 0 radical (unpaired) electrons. The first-order chi connectivity index (χ1) is 59.8. The van der Waals surface area contributed by atoms with Crippen LogP contribution in [0.3, 0.4) is 0 Å². The number of hydrogen-bond donors (Lipinski definition) is 8. The summed E-state index contributed by atoms with van der Waals surface area (Å²) >= 11 is 6.92. The smallest absolute Gasteiger partial charge is 0.474 e. The number of nitrogen functional groups attached to an aromatic ring is 1. The zero-order valence-electron chi connectivity index (χ0n) is 79.6. The van der Waals surface area contributed by atoms with Crippen LogP contribution in [0, 0.1) is 23.7 Å². The zero-order chi connectivity index (χ0) is 95.4. The Bertz CT molecular complexity index is 4090. The summed E-state index contributed by atoms with van der Waals surface area (Å²) in [6.45, 7) is 43.4. The van der Waals surface area contributed by atoms with Gasteiger partial charge in [0.15, 0.2) is 0 Å². The number of aliphatic carboxylic acids is 1. The molecule has 12 rings (SSSR count). The Morgan fingerprint density at radius 2 is 0.820 bits per heavy atom. The molecule has 8 heterocycles. The van der Waals surface area contributed by atoms with Gasteiger partial charge >= 0.3 is 42.5 Å². The number of carboxylic acid groups (broad SMARTS) is 1. The van der Waals surface area contributed by atoms with Gasteiger partial charge in [-0.05, 0) is 359 Å². The number of ether oxygens (including phenoxy) is 5. The number of benzene rings is 4. The number of rotatable bonds is 10. The lowest BCUT2D eigenvalue weighted by atomic mass is 9.90. The largest absolute Gasteiger partial charge is 0.519 e. The molecule has 26 nitrogen and oxygen atoms in total. The molecule has 5 aromatic rings. The number of carbonyl (C=O) groups is 7. The number of carbonyl (C=O) groups excluding carboxylic acids is 6. The molecule has 7 saturated heterocycles. The van der Waals surface area contributed by atoms with Gasteiger partial charge in [-0.25, -0.2) is 29.0 Å². The molecule has 31 heteroatoms. The molecule has 7 aliphatic heterocycles. The Morgan fingerprint density at radius 1 is 0.492 bits per heavy atom. The highest BCUT2D eigenvalue weighted by Gasteiger charge is 2.37. The van der Waals surface area contributed by atoms with Gasteiger partial charge in [0, 0.05) is 63.6 Å². The summed E-state index contributed by atoms with van der Waals surface area (Å²) in [6.07, 6.45) is 10.5. The van der Waals surface area contributed by atoms with E-state index in [9.17, 15) is 41.9 Å². The van der Waals surface area contributed by atoms with Crippen molar-refractivity contribution in [1.29, 1.82) is 0 Å². The van der Waals surface area contributed by atoms with Crippen molar-refractivity contribution in [2.75, 3.05) is 108 Å². The number of nitrogens with zero attached hydrogens (tertiary/aromatic N) is 6. The normalized spacial score (nSPS) is 21.6. The molecule has 3 amide bonds. The molecular formula is C97H150Br2F3N13O13. The fraction of sp³-hybridized carbons (Fsp3) is 0.629. The van der Waals surface area contributed by atoms with Gasteiger partial charge < -0.3 is 91.3 Å². The molecule has 0 aliphatic carbocycles. The van der Waals surface area contributed by atoms with E-state index in [-0.39, 0.29) is 24.3 Å². The van der Waals surface area contributed by atoms with Crippen LogP contribution >= 0.6 is 31.9 Å². The molecule has 716 valence electrons. The highest BCUT2D eigenvalue weighted by atomic mass is 79.9. The molecule has 0 saturated carbocycles. The van der Waals surface area contributed by atoms with Crippen LogP contribution < -0.4 is 38.1 Å². The average Bonchev–Trinajstić information content (AvgIpc) is 0.811. The predicted molar refractivity (Wildman–Crippen MR) is 511 cm³/mol. The van der Waals surface area contributed by atoms with Crippen LogP contribution in [-0.4, -0.2) is 211 Å². The van der Waals surface area contributed by atoms with Crippen molar-refractivity contribution in [2.45, 2.75) is 285 Å². The van der Waals surface area contributed by atoms with Crippen molar-refractivity contribution in [1.82, 2.24) is 40.1 Å². The molecule has 0 bridgehead atoms. The third kappa shape index (κ3) is 44.6. The maximum absolute atomic E-state index is 12.8. The van der Waals surface area contributed by atoms with Crippen molar-refractivity contribution in [3.8, 4) is 0 Å². The Balaban J connectivity index is 0.000000268. The summed E-state index contributed by atoms with van der Waals surface area (Å²) < 4.78 is 58.5. The fourth-order valence-electron chi connectivity index (χ4n) is 15.1. The van der Waals surface area contributed by atoms with Crippen LogP contribution in [-0.2, 0) is 44.5 Å². The maximum Gasteiger partial charge on any atom is 0.519 e. The monoisotopic (exact) mass is 1920 g/mol. The Kier molecular flexibility index (Phi) is 46.0. The molecule has 128 heavy (non-hydrogen) atoms. The molecule has 0 unspecified atom stereocenters. The predicted octanol–water partition coefficient (Wildman–Crippen LogP) is 20.7. The lowest BCUT2D eigenvalue weighted by molar-refractivity contribution is -0.156. The standard InChI is InChI=1S/C23H37N3O2.C18H29N3.C17H24BrNO2.C12H16BrN.C10H18O5.C9H11N3O3.C6H14N2.C2HF3O/c1-17-6-11-21(26(16-17)22(27)28-23(2,3)4)18-7-9-19(10-8-18)24-20-12-14-25(5)15-13-20;1-14-3-8-18(19-13-14)15-4-6-16(7-5-15)20-17-9-11-21(2)12-10-17;1-12-5-10-15(13-6-8-14(18)9-7-13)19(11-12)16(20)21-17(2,3)4;1-9-2-7-12(14-8-9)10-3-5-11(13)6-4-10;1-9(2,3)14-7(11)13-8(12)15-10(4,5)6;1-2-5-3-6(4-11-7(5)10)12-8(13)9(14)15;1-8-4-2-6(7)3-5-8;3-2(4,5)1-6/h7-10,17,20-21,24H,6,11-16H2,1-5H3;4-7,14,17-20H,3,8-13H2,1-2H3;6-9,12,15H,5,10-11H2,1-4H3;3-6,9,12,14H,2,7-8H2,1H3;1-6H3;3-4H,2H2,1H3,(H2,10,11)(H,12,13)(H,14,15);6H,2-5,7H2,1H3;1H/t17-,21+;14-,18+;12-,15+;9-,12+;;;;/m0000..../s1. The number of aldehydes is 1.